The average Bonchev–Trinajstić information content (AvgIpc) is 3.92. The zero-order chi connectivity index (χ0) is 29.4. The molecule has 212 valence electrons. The molecular formula is C42H22N2O2. The van der Waals surface area contributed by atoms with Crippen LogP contribution in [0.25, 0.3) is 82.7 Å². The summed E-state index contributed by atoms with van der Waals surface area (Å²) < 4.78 is 18.2. The largest absolute Gasteiger partial charge is 0.461 e. The first-order valence-electron chi connectivity index (χ1n) is 16.0. The Balaban J connectivity index is 1.23. The fourth-order valence-corrected chi connectivity index (χ4v) is 9.53. The van der Waals surface area contributed by atoms with Gasteiger partial charge in [-0.25, -0.2) is 0 Å². The molecule has 0 N–H and O–H groups in total. The van der Waals surface area contributed by atoms with Crippen LogP contribution in [0.15, 0.2) is 125 Å². The summed E-state index contributed by atoms with van der Waals surface area (Å²) in [6.45, 7) is 0. The lowest BCUT2D eigenvalue weighted by molar-refractivity contribution is 0.420. The Morgan fingerprint density at radius 1 is 0.543 bits per heavy atom. The van der Waals surface area contributed by atoms with Gasteiger partial charge in [-0.15, -0.1) is 0 Å². The third-order valence-corrected chi connectivity index (χ3v) is 11.2. The van der Waals surface area contributed by atoms with E-state index >= 15 is 0 Å². The third-order valence-electron chi connectivity index (χ3n) is 11.2. The number of ether oxygens (including phenoxy) is 1. The van der Waals surface area contributed by atoms with E-state index < -0.39 is 0 Å². The SMILES string of the molecule is C1=C2Oc3ccccc3C2C2c3ccccc3-n3c2c1c1cc2c(cc13)c1cc3oc4ccccc4c3c3c4ccccc4n2c13. The predicted octanol–water partition coefficient (Wildman–Crippen LogP) is 10.7. The van der Waals surface area contributed by atoms with Crippen molar-refractivity contribution in [2.75, 3.05) is 0 Å². The molecule has 2 unspecified atom stereocenters. The number of nitrogens with zero attached hydrogens (tertiary/aromatic N) is 2. The standard InChI is InChI=1S/C42H22N2O2/c1-5-13-29-21(9-1)39-37-23-11-3-7-15-33(23)45-35(37)19-27-25-18-32-26(17-31(25)43(29)41(27)39)28-20-36-38(24-12-4-8-16-34(24)46-36)40-22-10-2-6-14-30(22)44(32)42(28)40/h1-20,37,39H. The molecule has 0 bridgehead atoms. The van der Waals surface area contributed by atoms with Crippen molar-refractivity contribution in [3.63, 3.8) is 0 Å². The molecule has 10 aromatic rings. The van der Waals surface area contributed by atoms with Gasteiger partial charge in [0.1, 0.15) is 22.7 Å². The molecule has 4 heteroatoms. The molecule has 0 saturated carbocycles. The molecule has 0 saturated heterocycles. The van der Waals surface area contributed by atoms with E-state index in [9.17, 15) is 0 Å². The fourth-order valence-electron chi connectivity index (χ4n) is 9.53. The third kappa shape index (κ3) is 2.31. The van der Waals surface area contributed by atoms with Gasteiger partial charge in [-0.3, -0.25) is 0 Å². The van der Waals surface area contributed by atoms with Crippen molar-refractivity contribution in [3.8, 4) is 11.4 Å². The number of aromatic nitrogens is 2. The minimum absolute atomic E-state index is 0.178. The second-order valence-corrected chi connectivity index (χ2v) is 13.2. The van der Waals surface area contributed by atoms with Gasteiger partial charge in [0.05, 0.1) is 28.0 Å². The van der Waals surface area contributed by atoms with E-state index in [1.54, 1.807) is 0 Å². The van der Waals surface area contributed by atoms with E-state index in [0.29, 0.717) is 0 Å². The zero-order valence-electron chi connectivity index (χ0n) is 24.4. The van der Waals surface area contributed by atoms with Crippen LogP contribution in [0.5, 0.6) is 5.75 Å². The lowest BCUT2D eigenvalue weighted by atomic mass is 9.76. The highest BCUT2D eigenvalue weighted by Gasteiger charge is 2.47. The molecule has 3 aliphatic rings. The van der Waals surface area contributed by atoms with Gasteiger partial charge in [-0.1, -0.05) is 72.8 Å². The Hall–Kier alpha value is -6.00. The van der Waals surface area contributed by atoms with Gasteiger partial charge >= 0.3 is 0 Å². The van der Waals surface area contributed by atoms with Gasteiger partial charge in [0, 0.05) is 66.1 Å². The van der Waals surface area contributed by atoms with Gasteiger partial charge in [0.15, 0.2) is 0 Å². The van der Waals surface area contributed by atoms with Gasteiger partial charge in [0.2, 0.25) is 0 Å². The lowest BCUT2D eigenvalue weighted by Crippen LogP contribution is -2.15. The van der Waals surface area contributed by atoms with Crippen LogP contribution >= 0.6 is 0 Å². The summed E-state index contributed by atoms with van der Waals surface area (Å²) in [6.07, 6.45) is 2.33. The molecule has 0 fully saturated rings. The Bertz CT molecular complexity index is 3080. The Labute approximate surface area is 261 Å². The highest BCUT2D eigenvalue weighted by atomic mass is 16.5. The maximum Gasteiger partial charge on any atom is 0.136 e. The maximum absolute atomic E-state index is 6.60. The molecule has 4 nitrogen and oxygen atoms in total. The monoisotopic (exact) mass is 586 g/mol. The number of allylic oxidation sites excluding steroid dienone is 1. The Morgan fingerprint density at radius 3 is 2.28 bits per heavy atom. The van der Waals surface area contributed by atoms with Crippen molar-refractivity contribution in [2.24, 2.45) is 0 Å². The lowest BCUT2D eigenvalue weighted by Gasteiger charge is -2.25. The number of hydrogen-bond donors (Lipinski definition) is 0. The summed E-state index contributed by atoms with van der Waals surface area (Å²) in [5, 5.41) is 8.66. The molecule has 13 rings (SSSR count). The molecule has 1 aliphatic carbocycles. The number of fused-ring (bicyclic) bond motifs is 20. The van der Waals surface area contributed by atoms with E-state index in [2.05, 4.69) is 130 Å². The van der Waals surface area contributed by atoms with Crippen molar-refractivity contribution in [1.29, 1.82) is 0 Å². The number of hydrogen-bond acceptors (Lipinski definition) is 2. The van der Waals surface area contributed by atoms with Gasteiger partial charge in [-0.05, 0) is 54.1 Å². The van der Waals surface area contributed by atoms with Crippen molar-refractivity contribution in [2.45, 2.75) is 11.8 Å². The Morgan fingerprint density at radius 2 is 1.33 bits per heavy atom. The minimum atomic E-state index is 0.178. The van der Waals surface area contributed by atoms with Crippen LogP contribution in [-0.2, 0) is 0 Å². The molecule has 46 heavy (non-hydrogen) atoms. The Kier molecular flexibility index (Phi) is 3.56. The summed E-state index contributed by atoms with van der Waals surface area (Å²) in [6, 6.07) is 42.0. The first kappa shape index (κ1) is 22.5. The number of benzene rings is 6. The summed E-state index contributed by atoms with van der Waals surface area (Å²) in [4.78, 5) is 0. The smallest absolute Gasteiger partial charge is 0.136 e. The summed E-state index contributed by atoms with van der Waals surface area (Å²) in [5.41, 5.74) is 13.4. The van der Waals surface area contributed by atoms with Crippen LogP contribution in [0.3, 0.4) is 0 Å². The van der Waals surface area contributed by atoms with Gasteiger partial charge in [-0.2, -0.15) is 0 Å². The molecule has 2 atom stereocenters. The summed E-state index contributed by atoms with van der Waals surface area (Å²) >= 11 is 0. The van der Waals surface area contributed by atoms with Crippen LogP contribution in [0.2, 0.25) is 0 Å². The number of para-hydroxylation sites is 4. The topological polar surface area (TPSA) is 31.7 Å². The quantitative estimate of drug-likeness (QED) is 0.177. The van der Waals surface area contributed by atoms with Crippen molar-refractivity contribution in [3.05, 3.63) is 143 Å². The highest BCUT2D eigenvalue weighted by molar-refractivity contribution is 6.35. The highest BCUT2D eigenvalue weighted by Crippen LogP contribution is 2.60. The molecule has 6 heterocycles. The van der Waals surface area contributed by atoms with Crippen molar-refractivity contribution in [1.82, 2.24) is 8.97 Å². The molecular weight excluding hydrogens is 564 g/mol. The van der Waals surface area contributed by atoms with Crippen LogP contribution < -0.4 is 4.74 Å². The average molecular weight is 587 g/mol. The normalized spacial score (nSPS) is 17.9. The second kappa shape index (κ2) is 7.27. The van der Waals surface area contributed by atoms with Gasteiger partial charge in [0.25, 0.3) is 0 Å². The van der Waals surface area contributed by atoms with Crippen LogP contribution in [-0.4, -0.2) is 8.97 Å². The minimum Gasteiger partial charge on any atom is -0.461 e. The van der Waals surface area contributed by atoms with Crippen LogP contribution in [0, 0.1) is 0 Å². The van der Waals surface area contributed by atoms with Crippen molar-refractivity contribution >= 4 is 77.0 Å². The van der Waals surface area contributed by atoms with E-state index in [1.165, 1.54) is 87.8 Å². The molecule has 0 radical (unpaired) electrons. The maximum atomic E-state index is 6.60. The zero-order valence-corrected chi connectivity index (χ0v) is 24.4. The van der Waals surface area contributed by atoms with Crippen LogP contribution in [0.4, 0.5) is 0 Å². The molecule has 6 aromatic carbocycles. The molecule has 2 aliphatic heterocycles. The first-order valence-corrected chi connectivity index (χ1v) is 16.0. The predicted molar refractivity (Wildman–Crippen MR) is 185 cm³/mol. The van der Waals surface area contributed by atoms with Crippen molar-refractivity contribution < 1.29 is 9.15 Å². The summed E-state index contributed by atoms with van der Waals surface area (Å²) in [5.74, 6) is 2.42. The molecule has 0 amide bonds. The van der Waals surface area contributed by atoms with E-state index in [-0.39, 0.29) is 11.8 Å². The first-order chi connectivity index (χ1) is 22.8. The molecule has 4 aromatic heterocycles. The van der Waals surface area contributed by atoms with Gasteiger partial charge < -0.3 is 18.1 Å². The van der Waals surface area contributed by atoms with E-state index in [4.69, 9.17) is 9.15 Å². The van der Waals surface area contributed by atoms with E-state index in [0.717, 1.165) is 22.7 Å². The number of rotatable bonds is 0. The van der Waals surface area contributed by atoms with E-state index in [1.807, 2.05) is 0 Å². The van der Waals surface area contributed by atoms with Crippen LogP contribution in [0.1, 0.15) is 34.2 Å². The second-order valence-electron chi connectivity index (χ2n) is 13.2. The number of furan rings is 1. The fraction of sp³-hybridized carbons (Fsp3) is 0.0476. The summed E-state index contributed by atoms with van der Waals surface area (Å²) in [7, 11) is 0. The molecule has 0 spiro atoms.